The number of phenols is 1. The molecule has 0 aliphatic carbocycles. The van der Waals surface area contributed by atoms with E-state index in [1.54, 1.807) is 28.9 Å². The molecule has 0 saturated carbocycles. The maximum absolute atomic E-state index is 14.5. The molecule has 2 heterocycles. The van der Waals surface area contributed by atoms with Crippen LogP contribution in [0.15, 0.2) is 48.8 Å². The van der Waals surface area contributed by atoms with Crippen LogP contribution in [0.5, 0.6) is 5.75 Å². The van der Waals surface area contributed by atoms with Crippen molar-refractivity contribution in [2.24, 2.45) is 5.73 Å². The fourth-order valence-electron chi connectivity index (χ4n) is 3.56. The molecule has 0 amide bonds. The van der Waals surface area contributed by atoms with Crippen molar-refractivity contribution in [3.05, 3.63) is 66.0 Å². The van der Waals surface area contributed by atoms with Crippen molar-refractivity contribution in [1.82, 2.24) is 14.4 Å². The number of nitrogens with zero attached hydrogens (tertiary/aromatic N) is 5. The van der Waals surface area contributed by atoms with Crippen LogP contribution in [0.1, 0.15) is 12.0 Å². The second-order valence-corrected chi connectivity index (χ2v) is 7.29. The number of rotatable bonds is 6. The minimum absolute atomic E-state index is 0.0862. The summed E-state index contributed by atoms with van der Waals surface area (Å²) in [5.41, 5.74) is 7.82. The van der Waals surface area contributed by atoms with Crippen LogP contribution in [0.25, 0.3) is 28.0 Å². The number of aromatic nitrogens is 3. The Hall–Kier alpha value is -4.03. The zero-order chi connectivity index (χ0) is 22.8. The van der Waals surface area contributed by atoms with Crippen molar-refractivity contribution in [1.29, 1.82) is 5.26 Å². The van der Waals surface area contributed by atoms with Crippen molar-refractivity contribution >= 4 is 11.6 Å². The van der Waals surface area contributed by atoms with E-state index < -0.39 is 17.4 Å². The number of aromatic hydroxyl groups is 1. The molecule has 0 bridgehead atoms. The Morgan fingerprint density at radius 2 is 1.94 bits per heavy atom. The molecule has 3 N–H and O–H groups in total. The molecule has 4 aromatic rings. The maximum atomic E-state index is 14.5. The summed E-state index contributed by atoms with van der Waals surface area (Å²) in [6.07, 6.45) is 4.09. The molecule has 7 nitrogen and oxygen atoms in total. The van der Waals surface area contributed by atoms with Gasteiger partial charge in [0.15, 0.2) is 11.6 Å². The summed E-state index contributed by atoms with van der Waals surface area (Å²) in [6.45, 7) is 1.15. The van der Waals surface area contributed by atoms with E-state index in [0.29, 0.717) is 47.1 Å². The summed E-state index contributed by atoms with van der Waals surface area (Å²) < 4.78 is 30.0. The van der Waals surface area contributed by atoms with E-state index in [0.717, 1.165) is 12.5 Å². The van der Waals surface area contributed by atoms with Gasteiger partial charge in [-0.1, -0.05) is 12.1 Å². The van der Waals surface area contributed by atoms with Crippen LogP contribution in [-0.2, 0) is 0 Å². The first kappa shape index (κ1) is 21.2. The van der Waals surface area contributed by atoms with Crippen molar-refractivity contribution < 1.29 is 13.9 Å². The molecule has 2 aromatic carbocycles. The first-order valence-corrected chi connectivity index (χ1v) is 9.91. The number of halogens is 2. The Labute approximate surface area is 183 Å². The van der Waals surface area contributed by atoms with E-state index in [2.05, 4.69) is 4.98 Å². The predicted molar refractivity (Wildman–Crippen MR) is 117 cm³/mol. The van der Waals surface area contributed by atoms with Gasteiger partial charge in [-0.3, -0.25) is 4.40 Å². The zero-order valence-electron chi connectivity index (χ0n) is 17.3. The fourth-order valence-corrected chi connectivity index (χ4v) is 3.56. The summed E-state index contributed by atoms with van der Waals surface area (Å²) in [7, 11) is 1.87. The number of phenolic OH excluding ortho intramolecular Hbond substituents is 1. The highest BCUT2D eigenvalue weighted by atomic mass is 19.1. The summed E-state index contributed by atoms with van der Waals surface area (Å²) >= 11 is 0. The lowest BCUT2D eigenvalue weighted by Gasteiger charge is -2.22. The Bertz CT molecular complexity index is 1340. The number of nitrogens with two attached hydrogens (primary N) is 1. The minimum atomic E-state index is -0.759. The smallest absolute Gasteiger partial charge is 0.211 e. The number of hydrogen-bond acceptors (Lipinski definition) is 6. The average molecular weight is 434 g/mol. The summed E-state index contributed by atoms with van der Waals surface area (Å²) in [4.78, 5) is 11.2. The number of benzene rings is 2. The van der Waals surface area contributed by atoms with E-state index in [-0.39, 0.29) is 5.56 Å². The Morgan fingerprint density at radius 1 is 1.16 bits per heavy atom. The van der Waals surface area contributed by atoms with Crippen LogP contribution >= 0.6 is 0 Å². The summed E-state index contributed by atoms with van der Waals surface area (Å²) in [6, 6.07) is 9.95. The van der Waals surface area contributed by atoms with Crippen LogP contribution in [0.4, 0.5) is 14.7 Å². The van der Waals surface area contributed by atoms with Crippen LogP contribution < -0.4 is 10.6 Å². The third kappa shape index (κ3) is 3.72. The molecular formula is C23H20F2N6O. The average Bonchev–Trinajstić information content (AvgIpc) is 3.28. The molecule has 0 aliphatic heterocycles. The van der Waals surface area contributed by atoms with Crippen LogP contribution in [-0.4, -0.2) is 39.6 Å². The van der Waals surface area contributed by atoms with Gasteiger partial charge in [-0.05, 0) is 42.8 Å². The molecule has 4 rings (SSSR count). The van der Waals surface area contributed by atoms with Crippen molar-refractivity contribution in [3.63, 3.8) is 0 Å². The molecule has 0 saturated heterocycles. The quantitative estimate of drug-likeness (QED) is 0.480. The molecule has 0 unspecified atom stereocenters. The number of imidazole rings is 1. The van der Waals surface area contributed by atoms with Gasteiger partial charge in [0.25, 0.3) is 0 Å². The number of hydrogen-bond donors (Lipinski definition) is 2. The summed E-state index contributed by atoms with van der Waals surface area (Å²) in [5, 5.41) is 19.0. The first-order chi connectivity index (χ1) is 15.4. The normalized spacial score (nSPS) is 11.0. The zero-order valence-corrected chi connectivity index (χ0v) is 17.3. The van der Waals surface area contributed by atoms with Gasteiger partial charge in [0.05, 0.1) is 16.8 Å². The molecule has 0 radical (unpaired) electrons. The van der Waals surface area contributed by atoms with Crippen molar-refractivity contribution in [3.8, 4) is 34.2 Å². The van der Waals surface area contributed by atoms with Gasteiger partial charge in [-0.15, -0.1) is 0 Å². The second-order valence-electron chi connectivity index (χ2n) is 7.29. The highest BCUT2D eigenvalue weighted by molar-refractivity contribution is 5.91. The Morgan fingerprint density at radius 3 is 2.62 bits per heavy atom. The SMILES string of the molecule is CN(CCCN)c1nc(-c2ccc(C#N)c(F)c2)c(-c2ccc(F)c(O)c2)c2nccn12. The van der Waals surface area contributed by atoms with Gasteiger partial charge in [-0.2, -0.15) is 5.26 Å². The first-order valence-electron chi connectivity index (χ1n) is 9.91. The molecular weight excluding hydrogens is 414 g/mol. The van der Waals surface area contributed by atoms with Crippen LogP contribution in [0, 0.1) is 23.0 Å². The molecule has 162 valence electrons. The van der Waals surface area contributed by atoms with E-state index in [1.165, 1.54) is 24.3 Å². The Balaban J connectivity index is 2.03. The lowest BCUT2D eigenvalue weighted by Crippen LogP contribution is -2.24. The lowest BCUT2D eigenvalue weighted by molar-refractivity contribution is 0.433. The van der Waals surface area contributed by atoms with Crippen molar-refractivity contribution in [2.75, 3.05) is 25.0 Å². The largest absolute Gasteiger partial charge is 0.505 e. The van der Waals surface area contributed by atoms with Gasteiger partial charge in [0.1, 0.15) is 17.5 Å². The maximum Gasteiger partial charge on any atom is 0.211 e. The third-order valence-electron chi connectivity index (χ3n) is 5.17. The number of fused-ring (bicyclic) bond motifs is 1. The molecule has 2 aromatic heterocycles. The monoisotopic (exact) mass is 434 g/mol. The van der Waals surface area contributed by atoms with Crippen LogP contribution in [0.3, 0.4) is 0 Å². The molecule has 0 spiro atoms. The molecule has 32 heavy (non-hydrogen) atoms. The molecule has 0 atom stereocenters. The topological polar surface area (TPSA) is 103 Å². The lowest BCUT2D eigenvalue weighted by atomic mass is 9.98. The van der Waals surface area contributed by atoms with Gasteiger partial charge in [0.2, 0.25) is 5.95 Å². The molecule has 0 fully saturated rings. The molecule has 0 aliphatic rings. The van der Waals surface area contributed by atoms with Gasteiger partial charge in [0, 0.05) is 31.5 Å². The third-order valence-corrected chi connectivity index (χ3v) is 5.17. The standard InChI is InChI=1S/C23H20F2N6O/c1-30(9-2-7-26)23-29-21(15-3-4-16(13-27)18(25)11-15)20(22-28-8-10-31(22)23)14-5-6-17(24)19(32)12-14/h3-6,8,10-12,32H,2,7,9,26H2,1H3. The second kappa shape index (κ2) is 8.61. The van der Waals surface area contributed by atoms with Crippen molar-refractivity contribution in [2.45, 2.75) is 6.42 Å². The Kier molecular flexibility index (Phi) is 5.71. The number of nitriles is 1. The van der Waals surface area contributed by atoms with E-state index >= 15 is 0 Å². The van der Waals surface area contributed by atoms with E-state index in [1.807, 2.05) is 11.9 Å². The van der Waals surface area contributed by atoms with Gasteiger partial charge < -0.3 is 15.7 Å². The highest BCUT2D eigenvalue weighted by Gasteiger charge is 2.21. The minimum Gasteiger partial charge on any atom is -0.505 e. The van der Waals surface area contributed by atoms with Gasteiger partial charge in [-0.25, -0.2) is 18.7 Å². The summed E-state index contributed by atoms with van der Waals surface area (Å²) in [5.74, 6) is -1.40. The van der Waals surface area contributed by atoms with Crippen LogP contribution in [0.2, 0.25) is 0 Å². The number of anilines is 1. The highest BCUT2D eigenvalue weighted by Crippen LogP contribution is 2.38. The van der Waals surface area contributed by atoms with E-state index in [9.17, 15) is 13.9 Å². The van der Waals surface area contributed by atoms with E-state index in [4.69, 9.17) is 16.0 Å². The fraction of sp³-hybridized carbons (Fsp3) is 0.174. The van der Waals surface area contributed by atoms with Gasteiger partial charge >= 0.3 is 0 Å². The molecule has 9 heteroatoms. The predicted octanol–water partition coefficient (Wildman–Crippen LogP) is 3.70.